The van der Waals surface area contributed by atoms with E-state index in [2.05, 4.69) is 5.32 Å². The van der Waals surface area contributed by atoms with Gasteiger partial charge < -0.3 is 10.4 Å². The normalized spacial score (nSPS) is 14.4. The number of benzene rings is 1. The number of nitrogens with one attached hydrogen (secondary N) is 1. The van der Waals surface area contributed by atoms with Gasteiger partial charge in [0, 0.05) is 13.1 Å². The molecule has 0 unspecified atom stereocenters. The monoisotopic (exact) mass is 234 g/mol. The molecule has 0 spiro atoms. The summed E-state index contributed by atoms with van der Waals surface area (Å²) in [7, 11) is 0. The van der Waals surface area contributed by atoms with E-state index in [1.54, 1.807) is 0 Å². The van der Waals surface area contributed by atoms with Gasteiger partial charge in [0.25, 0.3) is 0 Å². The quantitative estimate of drug-likeness (QED) is 0.781. The van der Waals surface area contributed by atoms with Crippen molar-refractivity contribution in [3.63, 3.8) is 0 Å². The molecule has 0 bridgehead atoms. The number of nitrogens with zero attached hydrogens (tertiary/aromatic N) is 1. The molecule has 5 heteroatoms. The van der Waals surface area contributed by atoms with Crippen LogP contribution in [0.4, 0.5) is 0 Å². The van der Waals surface area contributed by atoms with Crippen molar-refractivity contribution >= 4 is 11.9 Å². The fraction of sp³-hybridized carbons (Fsp3) is 0.333. The van der Waals surface area contributed by atoms with Gasteiger partial charge in [-0.1, -0.05) is 24.3 Å². The van der Waals surface area contributed by atoms with Crippen LogP contribution in [0.3, 0.4) is 0 Å². The minimum Gasteiger partial charge on any atom is -0.480 e. The first-order valence-corrected chi connectivity index (χ1v) is 5.43. The van der Waals surface area contributed by atoms with Crippen molar-refractivity contribution in [2.45, 2.75) is 13.1 Å². The van der Waals surface area contributed by atoms with Crippen LogP contribution in [0, 0.1) is 0 Å². The molecule has 1 aromatic carbocycles. The third-order valence-electron chi connectivity index (χ3n) is 2.71. The zero-order chi connectivity index (χ0) is 12.3. The highest BCUT2D eigenvalue weighted by Gasteiger charge is 2.20. The summed E-state index contributed by atoms with van der Waals surface area (Å²) in [6, 6.07) is 8.05. The first kappa shape index (κ1) is 11.6. The maximum atomic E-state index is 11.4. The second-order valence-electron chi connectivity index (χ2n) is 4.08. The Hall–Kier alpha value is -1.88. The second-order valence-corrected chi connectivity index (χ2v) is 4.08. The summed E-state index contributed by atoms with van der Waals surface area (Å²) in [6.07, 6.45) is 0. The highest BCUT2D eigenvalue weighted by molar-refractivity contribution is 5.82. The number of amides is 1. The van der Waals surface area contributed by atoms with Crippen molar-refractivity contribution < 1.29 is 14.7 Å². The predicted molar refractivity (Wildman–Crippen MR) is 61.2 cm³/mol. The number of aliphatic carboxylic acids is 1. The van der Waals surface area contributed by atoms with Crippen LogP contribution in [0.15, 0.2) is 24.3 Å². The fourth-order valence-corrected chi connectivity index (χ4v) is 1.95. The molecule has 0 aromatic heterocycles. The van der Waals surface area contributed by atoms with Gasteiger partial charge in [0.05, 0.1) is 6.54 Å². The molecule has 0 atom stereocenters. The SMILES string of the molecule is O=C(O)CNC(=O)CN1Cc2ccccc2C1. The Morgan fingerprint density at radius 3 is 2.35 bits per heavy atom. The number of carboxylic acids is 1. The van der Waals surface area contributed by atoms with Gasteiger partial charge in [-0.2, -0.15) is 0 Å². The van der Waals surface area contributed by atoms with E-state index in [1.807, 2.05) is 29.2 Å². The number of rotatable bonds is 4. The summed E-state index contributed by atoms with van der Waals surface area (Å²) in [6.45, 7) is 1.41. The average Bonchev–Trinajstić information content (AvgIpc) is 2.68. The van der Waals surface area contributed by atoms with E-state index >= 15 is 0 Å². The van der Waals surface area contributed by atoms with Crippen molar-refractivity contribution in [3.05, 3.63) is 35.4 Å². The van der Waals surface area contributed by atoms with Gasteiger partial charge in [0.1, 0.15) is 6.54 Å². The molecule has 0 saturated heterocycles. The van der Waals surface area contributed by atoms with Crippen molar-refractivity contribution in [1.82, 2.24) is 10.2 Å². The molecule has 1 heterocycles. The molecule has 2 rings (SSSR count). The average molecular weight is 234 g/mol. The first-order valence-electron chi connectivity index (χ1n) is 5.43. The maximum absolute atomic E-state index is 11.4. The van der Waals surface area contributed by atoms with E-state index in [1.165, 1.54) is 11.1 Å². The Morgan fingerprint density at radius 1 is 1.24 bits per heavy atom. The molecule has 1 amide bonds. The molecule has 90 valence electrons. The van der Waals surface area contributed by atoms with Crippen LogP contribution >= 0.6 is 0 Å². The molecule has 2 N–H and O–H groups in total. The third-order valence-corrected chi connectivity index (χ3v) is 2.71. The molecule has 17 heavy (non-hydrogen) atoms. The van der Waals surface area contributed by atoms with E-state index in [4.69, 9.17) is 5.11 Å². The first-order chi connectivity index (χ1) is 8.15. The lowest BCUT2D eigenvalue weighted by Crippen LogP contribution is -2.37. The van der Waals surface area contributed by atoms with Crippen molar-refractivity contribution in [3.8, 4) is 0 Å². The smallest absolute Gasteiger partial charge is 0.322 e. The largest absolute Gasteiger partial charge is 0.480 e. The van der Waals surface area contributed by atoms with Crippen LogP contribution in [-0.4, -0.2) is 35.0 Å². The summed E-state index contributed by atoms with van der Waals surface area (Å²) in [4.78, 5) is 23.7. The molecule has 1 aliphatic heterocycles. The minimum atomic E-state index is -1.02. The van der Waals surface area contributed by atoms with Gasteiger partial charge in [-0.05, 0) is 11.1 Å². The van der Waals surface area contributed by atoms with Gasteiger partial charge in [-0.25, -0.2) is 0 Å². The van der Waals surface area contributed by atoms with Crippen LogP contribution in [-0.2, 0) is 22.7 Å². The Kier molecular flexibility index (Phi) is 3.39. The molecule has 0 radical (unpaired) electrons. The number of carbonyl (C=O) groups is 2. The number of carboxylic acid groups (broad SMARTS) is 1. The molecule has 0 fully saturated rings. The van der Waals surface area contributed by atoms with Crippen LogP contribution in [0.2, 0.25) is 0 Å². The van der Waals surface area contributed by atoms with Crippen LogP contribution in [0.5, 0.6) is 0 Å². The Bertz CT molecular complexity index is 420. The Balaban J connectivity index is 1.83. The molecule has 0 saturated carbocycles. The molecule has 5 nitrogen and oxygen atoms in total. The van der Waals surface area contributed by atoms with Crippen molar-refractivity contribution in [2.75, 3.05) is 13.1 Å². The summed E-state index contributed by atoms with van der Waals surface area (Å²) in [5.41, 5.74) is 2.47. The minimum absolute atomic E-state index is 0.238. The number of hydrogen-bond acceptors (Lipinski definition) is 3. The number of fused-ring (bicyclic) bond motifs is 1. The van der Waals surface area contributed by atoms with Crippen molar-refractivity contribution in [2.24, 2.45) is 0 Å². The van der Waals surface area contributed by atoms with Crippen molar-refractivity contribution in [1.29, 1.82) is 0 Å². The highest BCUT2D eigenvalue weighted by Crippen LogP contribution is 2.21. The van der Waals surface area contributed by atoms with Gasteiger partial charge in [0.15, 0.2) is 0 Å². The summed E-state index contributed by atoms with van der Waals surface area (Å²) in [5.74, 6) is -1.27. The number of hydrogen-bond donors (Lipinski definition) is 2. The molecule has 1 aliphatic rings. The van der Waals surface area contributed by atoms with Gasteiger partial charge in [-0.3, -0.25) is 14.5 Å². The highest BCUT2D eigenvalue weighted by atomic mass is 16.4. The summed E-state index contributed by atoms with van der Waals surface area (Å²) < 4.78 is 0. The molecular formula is C12H14N2O3. The lowest BCUT2D eigenvalue weighted by atomic mass is 10.1. The number of carbonyl (C=O) groups excluding carboxylic acids is 1. The lowest BCUT2D eigenvalue weighted by Gasteiger charge is -2.13. The van der Waals surface area contributed by atoms with E-state index in [-0.39, 0.29) is 19.0 Å². The second kappa shape index (κ2) is 4.97. The Morgan fingerprint density at radius 2 is 1.82 bits per heavy atom. The topological polar surface area (TPSA) is 69.6 Å². The maximum Gasteiger partial charge on any atom is 0.322 e. The van der Waals surface area contributed by atoms with E-state index < -0.39 is 5.97 Å². The summed E-state index contributed by atoms with van der Waals surface area (Å²) >= 11 is 0. The molecule has 1 aromatic rings. The van der Waals surface area contributed by atoms with Crippen LogP contribution in [0.1, 0.15) is 11.1 Å². The van der Waals surface area contributed by atoms with E-state index in [0.29, 0.717) is 0 Å². The standard InChI is InChI=1S/C12H14N2O3/c15-11(13-5-12(16)17)8-14-6-9-3-1-2-4-10(9)7-14/h1-4H,5-8H2,(H,13,15)(H,16,17). The fourth-order valence-electron chi connectivity index (χ4n) is 1.95. The molecular weight excluding hydrogens is 220 g/mol. The zero-order valence-electron chi connectivity index (χ0n) is 9.35. The summed E-state index contributed by atoms with van der Waals surface area (Å²) in [5, 5.41) is 10.8. The Labute approximate surface area is 99.0 Å². The van der Waals surface area contributed by atoms with Gasteiger partial charge in [0.2, 0.25) is 5.91 Å². The van der Waals surface area contributed by atoms with E-state index in [9.17, 15) is 9.59 Å². The van der Waals surface area contributed by atoms with Gasteiger partial charge >= 0.3 is 5.97 Å². The zero-order valence-corrected chi connectivity index (χ0v) is 9.35. The predicted octanol–water partition coefficient (Wildman–Crippen LogP) is 0.203. The van der Waals surface area contributed by atoms with Crippen LogP contribution in [0.25, 0.3) is 0 Å². The molecule has 0 aliphatic carbocycles. The van der Waals surface area contributed by atoms with Crippen LogP contribution < -0.4 is 5.32 Å². The third kappa shape index (κ3) is 3.04. The van der Waals surface area contributed by atoms with E-state index in [0.717, 1.165) is 13.1 Å². The van der Waals surface area contributed by atoms with Gasteiger partial charge in [-0.15, -0.1) is 0 Å². The lowest BCUT2D eigenvalue weighted by molar-refractivity contribution is -0.138.